The molecule has 0 saturated carbocycles. The van der Waals surface area contributed by atoms with Crippen LogP contribution < -0.4 is 4.90 Å². The molecule has 0 atom stereocenters. The average Bonchev–Trinajstić information content (AvgIpc) is 2.74. The van der Waals surface area contributed by atoms with Crippen LogP contribution in [0, 0.1) is 0 Å². The van der Waals surface area contributed by atoms with E-state index in [0.29, 0.717) is 12.2 Å². The topological polar surface area (TPSA) is 58.6 Å². The Morgan fingerprint density at radius 1 is 1.07 bits per heavy atom. The maximum Gasteiger partial charge on any atom is 0.341 e. The Kier molecular flexibility index (Phi) is 5.48. The lowest BCUT2D eigenvalue weighted by atomic mass is 10.1. The predicted octanol–water partition coefficient (Wildman–Crippen LogP) is 3.13. The van der Waals surface area contributed by atoms with Gasteiger partial charge in [0.25, 0.3) is 0 Å². The first-order valence-corrected chi connectivity index (χ1v) is 9.67. The Hall–Kier alpha value is -2.99. The van der Waals surface area contributed by atoms with Crippen molar-refractivity contribution < 1.29 is 9.53 Å². The summed E-state index contributed by atoms with van der Waals surface area (Å²) in [5.41, 5.74) is 3.59. The molecule has 0 N–H and O–H groups in total. The number of anilines is 1. The van der Waals surface area contributed by atoms with Gasteiger partial charge in [0.15, 0.2) is 0 Å². The number of fused-ring (bicyclic) bond motifs is 1. The van der Waals surface area contributed by atoms with E-state index in [1.165, 1.54) is 5.56 Å². The second kappa shape index (κ2) is 8.35. The summed E-state index contributed by atoms with van der Waals surface area (Å²) < 4.78 is 5.29. The van der Waals surface area contributed by atoms with E-state index >= 15 is 0 Å². The van der Waals surface area contributed by atoms with Gasteiger partial charge in [-0.15, -0.1) is 0 Å². The summed E-state index contributed by atoms with van der Waals surface area (Å²) in [5.74, 6) is -0.312. The molecule has 3 aromatic rings. The minimum Gasteiger partial charge on any atom is -0.462 e. The molecular formula is C22H24N4O2. The number of carbonyl (C=O) groups is 1. The molecule has 3 heterocycles. The molecule has 2 aromatic heterocycles. The number of hydrogen-bond acceptors (Lipinski definition) is 6. The van der Waals surface area contributed by atoms with Gasteiger partial charge in [-0.25, -0.2) is 4.79 Å². The van der Waals surface area contributed by atoms with Crippen molar-refractivity contribution in [3.63, 3.8) is 0 Å². The quantitative estimate of drug-likeness (QED) is 0.638. The number of aromatic nitrogens is 2. The van der Waals surface area contributed by atoms with Crippen molar-refractivity contribution in [1.29, 1.82) is 0 Å². The third-order valence-electron chi connectivity index (χ3n) is 5.06. The maximum absolute atomic E-state index is 12.6. The summed E-state index contributed by atoms with van der Waals surface area (Å²) >= 11 is 0. The van der Waals surface area contributed by atoms with Crippen LogP contribution in [0.4, 0.5) is 5.69 Å². The first kappa shape index (κ1) is 18.4. The van der Waals surface area contributed by atoms with Crippen molar-refractivity contribution in [3.8, 4) is 0 Å². The Morgan fingerprint density at radius 2 is 1.89 bits per heavy atom. The summed E-state index contributed by atoms with van der Waals surface area (Å²) in [6.07, 6.45) is 5.37. The van der Waals surface area contributed by atoms with Crippen LogP contribution in [0.1, 0.15) is 22.8 Å². The van der Waals surface area contributed by atoms with Crippen LogP contribution >= 0.6 is 0 Å². The van der Waals surface area contributed by atoms with Gasteiger partial charge in [0, 0.05) is 56.7 Å². The zero-order valence-electron chi connectivity index (χ0n) is 16.0. The molecule has 0 aliphatic carbocycles. The summed E-state index contributed by atoms with van der Waals surface area (Å²) in [6.45, 7) is 6.61. The summed E-state index contributed by atoms with van der Waals surface area (Å²) in [6, 6.07) is 12.0. The highest BCUT2D eigenvalue weighted by molar-refractivity contribution is 6.05. The fourth-order valence-corrected chi connectivity index (χ4v) is 3.71. The molecule has 6 heteroatoms. The van der Waals surface area contributed by atoms with Crippen LogP contribution in [0.5, 0.6) is 0 Å². The first-order chi connectivity index (χ1) is 13.8. The van der Waals surface area contributed by atoms with Gasteiger partial charge in [0.05, 0.1) is 17.8 Å². The molecule has 0 unspecified atom stereocenters. The third-order valence-corrected chi connectivity index (χ3v) is 5.06. The molecule has 0 amide bonds. The SMILES string of the molecule is CCOC(=O)c1cnc2ccccc2c1N1CCN(Cc2cccnc2)CC1. The number of benzene rings is 1. The van der Waals surface area contributed by atoms with Crippen molar-refractivity contribution in [3.05, 3.63) is 66.1 Å². The minimum absolute atomic E-state index is 0.312. The minimum atomic E-state index is -0.312. The van der Waals surface area contributed by atoms with Gasteiger partial charge in [-0.2, -0.15) is 0 Å². The molecule has 0 radical (unpaired) electrons. The van der Waals surface area contributed by atoms with Gasteiger partial charge in [0.1, 0.15) is 5.56 Å². The Bertz CT molecular complexity index is 953. The smallest absolute Gasteiger partial charge is 0.341 e. The molecule has 1 aromatic carbocycles. The zero-order valence-corrected chi connectivity index (χ0v) is 16.0. The monoisotopic (exact) mass is 376 g/mol. The fraction of sp³-hybridized carbons (Fsp3) is 0.318. The van der Waals surface area contributed by atoms with Crippen LogP contribution in [0.3, 0.4) is 0 Å². The number of carbonyl (C=O) groups excluding carboxylic acids is 1. The van der Waals surface area contributed by atoms with E-state index < -0.39 is 0 Å². The Balaban J connectivity index is 1.58. The average molecular weight is 376 g/mol. The number of nitrogens with zero attached hydrogens (tertiary/aromatic N) is 4. The van der Waals surface area contributed by atoms with Crippen molar-refractivity contribution in [2.24, 2.45) is 0 Å². The van der Waals surface area contributed by atoms with Gasteiger partial charge in [0.2, 0.25) is 0 Å². The van der Waals surface area contributed by atoms with E-state index in [4.69, 9.17) is 4.74 Å². The van der Waals surface area contributed by atoms with Crippen LogP contribution in [0.15, 0.2) is 55.0 Å². The first-order valence-electron chi connectivity index (χ1n) is 9.67. The van der Waals surface area contributed by atoms with Crippen LogP contribution in [-0.2, 0) is 11.3 Å². The van der Waals surface area contributed by atoms with Gasteiger partial charge in [-0.3, -0.25) is 14.9 Å². The van der Waals surface area contributed by atoms with Crippen molar-refractivity contribution >= 4 is 22.6 Å². The number of esters is 1. The molecular weight excluding hydrogens is 352 g/mol. The van der Waals surface area contributed by atoms with E-state index in [0.717, 1.165) is 49.3 Å². The molecule has 0 spiro atoms. The molecule has 1 aliphatic rings. The normalized spacial score (nSPS) is 15.0. The second-order valence-corrected chi connectivity index (χ2v) is 6.88. The van der Waals surface area contributed by atoms with Crippen molar-refractivity contribution in [2.45, 2.75) is 13.5 Å². The highest BCUT2D eigenvalue weighted by Crippen LogP contribution is 2.31. The Labute approximate surface area is 164 Å². The second-order valence-electron chi connectivity index (χ2n) is 6.88. The van der Waals surface area contributed by atoms with Crippen molar-refractivity contribution in [2.75, 3.05) is 37.7 Å². The molecule has 1 fully saturated rings. The molecule has 4 rings (SSSR count). The van der Waals surface area contributed by atoms with Gasteiger partial charge >= 0.3 is 5.97 Å². The lowest BCUT2D eigenvalue weighted by Gasteiger charge is -2.37. The highest BCUT2D eigenvalue weighted by Gasteiger charge is 2.24. The van der Waals surface area contributed by atoms with Gasteiger partial charge in [-0.05, 0) is 24.6 Å². The largest absolute Gasteiger partial charge is 0.462 e. The van der Waals surface area contributed by atoms with Crippen molar-refractivity contribution in [1.82, 2.24) is 14.9 Å². The maximum atomic E-state index is 12.6. The summed E-state index contributed by atoms with van der Waals surface area (Å²) in [4.78, 5) is 25.9. The van der Waals surface area contributed by atoms with Crippen LogP contribution in [0.2, 0.25) is 0 Å². The summed E-state index contributed by atoms with van der Waals surface area (Å²) in [5, 5.41) is 0.994. The predicted molar refractivity (Wildman–Crippen MR) is 109 cm³/mol. The molecule has 1 aliphatic heterocycles. The third kappa shape index (κ3) is 3.82. The Morgan fingerprint density at radius 3 is 2.64 bits per heavy atom. The van der Waals surface area contributed by atoms with Gasteiger partial charge < -0.3 is 9.64 Å². The standard InChI is InChI=1S/C22H24N4O2/c1-2-28-22(27)19-15-24-20-8-4-3-7-18(20)21(19)26-12-10-25(11-13-26)16-17-6-5-9-23-14-17/h3-9,14-15H,2,10-13,16H2,1H3. The lowest BCUT2D eigenvalue weighted by molar-refractivity contribution is 0.0526. The van der Waals surface area contributed by atoms with E-state index in [9.17, 15) is 4.79 Å². The molecule has 0 bridgehead atoms. The highest BCUT2D eigenvalue weighted by atomic mass is 16.5. The number of pyridine rings is 2. The van der Waals surface area contributed by atoms with E-state index in [-0.39, 0.29) is 5.97 Å². The molecule has 1 saturated heterocycles. The zero-order chi connectivity index (χ0) is 19.3. The number of rotatable bonds is 5. The number of hydrogen-bond donors (Lipinski definition) is 0. The van der Waals surface area contributed by atoms with E-state index in [2.05, 4.69) is 25.8 Å². The van der Waals surface area contributed by atoms with Crippen LogP contribution in [0.25, 0.3) is 10.9 Å². The molecule has 6 nitrogen and oxygen atoms in total. The lowest BCUT2D eigenvalue weighted by Crippen LogP contribution is -2.46. The van der Waals surface area contributed by atoms with Crippen LogP contribution in [-0.4, -0.2) is 53.6 Å². The molecule has 28 heavy (non-hydrogen) atoms. The number of ether oxygens (including phenoxy) is 1. The van der Waals surface area contributed by atoms with Gasteiger partial charge in [-0.1, -0.05) is 24.3 Å². The number of para-hydroxylation sites is 1. The fourth-order valence-electron chi connectivity index (χ4n) is 3.71. The van der Waals surface area contributed by atoms with E-state index in [1.807, 2.05) is 43.5 Å². The summed E-state index contributed by atoms with van der Waals surface area (Å²) in [7, 11) is 0. The molecule has 144 valence electrons. The number of piperazine rings is 1. The van der Waals surface area contributed by atoms with E-state index in [1.54, 1.807) is 12.4 Å².